The summed E-state index contributed by atoms with van der Waals surface area (Å²) in [5.74, 6) is 0.465. The lowest BCUT2D eigenvalue weighted by molar-refractivity contribution is -0.113. The molecule has 0 saturated heterocycles. The van der Waals surface area contributed by atoms with Crippen molar-refractivity contribution in [3.05, 3.63) is 27.1 Å². The van der Waals surface area contributed by atoms with Crippen LogP contribution in [0.4, 0.5) is 5.69 Å². The molecule has 1 aliphatic carbocycles. The molecular weight excluding hydrogens is 366 g/mol. The highest BCUT2D eigenvalue weighted by atomic mass is 79.9. The van der Waals surface area contributed by atoms with E-state index < -0.39 is 0 Å². The molecule has 1 saturated carbocycles. The molecule has 3 N–H and O–H groups in total. The minimum Gasteiger partial charge on any atom is -0.324 e. The number of H-pyrrole nitrogens is 2. The number of aromatic amines is 2. The zero-order valence-corrected chi connectivity index (χ0v) is 14.5. The Hall–Kier alpha value is -1.21. The van der Waals surface area contributed by atoms with Crippen molar-refractivity contribution in [2.24, 2.45) is 0 Å². The number of imidazole rings is 1. The summed E-state index contributed by atoms with van der Waals surface area (Å²) in [5.41, 5.74) is 1.82. The van der Waals surface area contributed by atoms with Crippen LogP contribution in [0.15, 0.2) is 21.4 Å². The zero-order valence-electron chi connectivity index (χ0n) is 12.1. The summed E-state index contributed by atoms with van der Waals surface area (Å²) in [6.07, 6.45) is 6.33. The van der Waals surface area contributed by atoms with Gasteiger partial charge in [0, 0.05) is 9.72 Å². The molecule has 2 aromatic rings. The van der Waals surface area contributed by atoms with Crippen LogP contribution in [-0.4, -0.2) is 26.9 Å². The highest BCUT2D eigenvalue weighted by Crippen LogP contribution is 2.29. The predicted molar refractivity (Wildman–Crippen MR) is 94.6 cm³/mol. The number of anilines is 1. The molecule has 118 valence electrons. The third kappa shape index (κ3) is 3.76. The first-order chi connectivity index (χ1) is 10.6. The van der Waals surface area contributed by atoms with E-state index in [-0.39, 0.29) is 11.6 Å². The fraction of sp³-hybridized carbons (Fsp3) is 0.467. The molecule has 0 bridgehead atoms. The summed E-state index contributed by atoms with van der Waals surface area (Å²) in [6.45, 7) is 0. The van der Waals surface area contributed by atoms with Crippen LogP contribution >= 0.6 is 27.7 Å². The molecule has 1 fully saturated rings. The second kappa shape index (κ2) is 6.91. The standard InChI is InChI=1S/C15H18BrN3O2S/c16-10-6-12-13(19-15(21)18-12)7-11(10)17-14(20)8-22-9-4-2-1-3-5-9/h6-7,9H,1-5,8H2,(H,17,20)(H2,18,19,21). The van der Waals surface area contributed by atoms with Crippen LogP contribution in [0.25, 0.3) is 11.0 Å². The Morgan fingerprint density at radius 1 is 1.23 bits per heavy atom. The number of hydrogen-bond donors (Lipinski definition) is 3. The Balaban J connectivity index is 1.63. The topological polar surface area (TPSA) is 77.8 Å². The summed E-state index contributed by atoms with van der Waals surface area (Å²) >= 11 is 5.17. The molecule has 1 aromatic carbocycles. The van der Waals surface area contributed by atoms with Crippen molar-refractivity contribution in [2.75, 3.05) is 11.1 Å². The second-order valence-corrected chi connectivity index (χ2v) is 7.72. The van der Waals surface area contributed by atoms with Gasteiger partial charge in [-0.3, -0.25) is 4.79 Å². The number of benzene rings is 1. The highest BCUT2D eigenvalue weighted by molar-refractivity contribution is 9.10. The number of hydrogen-bond acceptors (Lipinski definition) is 3. The zero-order chi connectivity index (χ0) is 15.5. The molecule has 0 spiro atoms. The van der Waals surface area contributed by atoms with Crippen molar-refractivity contribution in [3.8, 4) is 0 Å². The summed E-state index contributed by atoms with van der Waals surface area (Å²) in [6, 6.07) is 3.55. The maximum Gasteiger partial charge on any atom is 0.323 e. The van der Waals surface area contributed by atoms with Crippen LogP contribution in [0, 0.1) is 0 Å². The van der Waals surface area contributed by atoms with Crippen molar-refractivity contribution in [2.45, 2.75) is 37.4 Å². The number of halogens is 1. The predicted octanol–water partition coefficient (Wildman–Crippen LogP) is 3.62. The monoisotopic (exact) mass is 383 g/mol. The summed E-state index contributed by atoms with van der Waals surface area (Å²) in [5, 5.41) is 3.53. The number of aromatic nitrogens is 2. The molecular formula is C15H18BrN3O2S. The summed E-state index contributed by atoms with van der Waals surface area (Å²) in [7, 11) is 0. The number of carbonyl (C=O) groups excluding carboxylic acids is 1. The van der Waals surface area contributed by atoms with Gasteiger partial charge in [-0.05, 0) is 40.9 Å². The minimum atomic E-state index is -0.252. The van der Waals surface area contributed by atoms with Crippen LogP contribution in [0.3, 0.4) is 0 Å². The molecule has 5 nitrogen and oxygen atoms in total. The molecule has 1 aliphatic rings. The first-order valence-corrected chi connectivity index (χ1v) is 9.29. The molecule has 1 aromatic heterocycles. The first kappa shape index (κ1) is 15.7. The fourth-order valence-corrected chi connectivity index (χ4v) is 4.33. The first-order valence-electron chi connectivity index (χ1n) is 7.45. The quantitative estimate of drug-likeness (QED) is 0.754. The largest absolute Gasteiger partial charge is 0.324 e. The van der Waals surface area contributed by atoms with Crippen LogP contribution in [0.1, 0.15) is 32.1 Å². The Labute approximate surface area is 140 Å². The number of carbonyl (C=O) groups is 1. The normalized spacial score (nSPS) is 16.0. The smallest absolute Gasteiger partial charge is 0.323 e. The number of nitrogens with one attached hydrogen (secondary N) is 3. The van der Waals surface area contributed by atoms with Gasteiger partial charge in [0.1, 0.15) is 0 Å². The summed E-state index contributed by atoms with van der Waals surface area (Å²) in [4.78, 5) is 28.8. The SMILES string of the molecule is O=C(CSC1CCCCC1)Nc1cc2[nH]c(=O)[nH]c2cc1Br. The van der Waals surface area contributed by atoms with Gasteiger partial charge in [0.2, 0.25) is 5.91 Å². The van der Waals surface area contributed by atoms with E-state index in [2.05, 4.69) is 31.2 Å². The van der Waals surface area contributed by atoms with Crippen molar-refractivity contribution < 1.29 is 4.79 Å². The minimum absolute atomic E-state index is 0.00601. The van der Waals surface area contributed by atoms with Crippen LogP contribution in [-0.2, 0) is 4.79 Å². The Bertz CT molecular complexity index is 734. The highest BCUT2D eigenvalue weighted by Gasteiger charge is 2.16. The van der Waals surface area contributed by atoms with Gasteiger partial charge < -0.3 is 15.3 Å². The van der Waals surface area contributed by atoms with E-state index in [4.69, 9.17) is 0 Å². The molecule has 7 heteroatoms. The van der Waals surface area contributed by atoms with E-state index in [9.17, 15) is 9.59 Å². The molecule has 1 heterocycles. The van der Waals surface area contributed by atoms with Gasteiger partial charge in [-0.15, -0.1) is 11.8 Å². The number of amides is 1. The Morgan fingerprint density at radius 3 is 2.64 bits per heavy atom. The lowest BCUT2D eigenvalue weighted by Gasteiger charge is -2.20. The van der Waals surface area contributed by atoms with E-state index in [1.54, 1.807) is 23.9 Å². The molecule has 1 amide bonds. The Kier molecular flexibility index (Phi) is 4.93. The number of rotatable bonds is 4. The van der Waals surface area contributed by atoms with Crippen molar-refractivity contribution >= 4 is 50.3 Å². The fourth-order valence-electron chi connectivity index (χ4n) is 2.76. The third-order valence-corrected chi connectivity index (χ3v) is 5.91. The number of fused-ring (bicyclic) bond motifs is 1. The lowest BCUT2D eigenvalue weighted by atomic mass is 10.0. The van der Waals surface area contributed by atoms with E-state index in [1.165, 1.54) is 32.1 Å². The lowest BCUT2D eigenvalue weighted by Crippen LogP contribution is -2.18. The molecule has 0 atom stereocenters. The summed E-state index contributed by atoms with van der Waals surface area (Å²) < 4.78 is 0.756. The van der Waals surface area contributed by atoms with Crippen molar-refractivity contribution in [3.63, 3.8) is 0 Å². The van der Waals surface area contributed by atoms with Crippen LogP contribution in [0.2, 0.25) is 0 Å². The van der Waals surface area contributed by atoms with Gasteiger partial charge in [0.05, 0.1) is 22.5 Å². The van der Waals surface area contributed by atoms with E-state index in [1.807, 2.05) is 0 Å². The van der Waals surface area contributed by atoms with Crippen molar-refractivity contribution in [1.29, 1.82) is 0 Å². The average molecular weight is 384 g/mol. The van der Waals surface area contributed by atoms with Gasteiger partial charge in [0.15, 0.2) is 0 Å². The van der Waals surface area contributed by atoms with Crippen molar-refractivity contribution in [1.82, 2.24) is 9.97 Å². The van der Waals surface area contributed by atoms with Crippen LogP contribution < -0.4 is 11.0 Å². The van der Waals surface area contributed by atoms with Gasteiger partial charge in [-0.1, -0.05) is 19.3 Å². The molecule has 3 rings (SSSR count). The van der Waals surface area contributed by atoms with Gasteiger partial charge >= 0.3 is 5.69 Å². The second-order valence-electron chi connectivity index (χ2n) is 5.58. The van der Waals surface area contributed by atoms with Gasteiger partial charge in [-0.2, -0.15) is 0 Å². The van der Waals surface area contributed by atoms with E-state index in [0.717, 1.165) is 4.47 Å². The van der Waals surface area contributed by atoms with Crippen LogP contribution in [0.5, 0.6) is 0 Å². The van der Waals surface area contributed by atoms with E-state index >= 15 is 0 Å². The maximum absolute atomic E-state index is 12.1. The molecule has 0 unspecified atom stereocenters. The molecule has 0 radical (unpaired) electrons. The number of thioether (sulfide) groups is 1. The molecule has 22 heavy (non-hydrogen) atoms. The molecule has 0 aliphatic heterocycles. The maximum atomic E-state index is 12.1. The van der Waals surface area contributed by atoms with E-state index in [0.29, 0.717) is 27.7 Å². The third-order valence-electron chi connectivity index (χ3n) is 3.88. The average Bonchev–Trinajstić information content (AvgIpc) is 2.85. The Morgan fingerprint density at radius 2 is 1.91 bits per heavy atom. The van der Waals surface area contributed by atoms with Gasteiger partial charge in [0.25, 0.3) is 0 Å². The van der Waals surface area contributed by atoms with Gasteiger partial charge in [-0.25, -0.2) is 4.79 Å².